The zero-order chi connectivity index (χ0) is 19.5. The Labute approximate surface area is 171 Å². The van der Waals surface area contributed by atoms with Crippen molar-refractivity contribution < 1.29 is 10.2 Å². The molecule has 5 rings (SSSR count). The van der Waals surface area contributed by atoms with Crippen LogP contribution in [0.25, 0.3) is 0 Å². The molecule has 5 fully saturated rings. The van der Waals surface area contributed by atoms with E-state index >= 15 is 0 Å². The first-order chi connectivity index (χ1) is 13.4. The molecule has 0 heterocycles. The molecule has 2 nitrogen and oxygen atoms in total. The molecule has 8 atom stereocenters. The minimum absolute atomic E-state index is 0.159. The van der Waals surface area contributed by atoms with E-state index in [1.807, 2.05) is 0 Å². The van der Waals surface area contributed by atoms with Gasteiger partial charge in [0.25, 0.3) is 0 Å². The van der Waals surface area contributed by atoms with Gasteiger partial charge in [-0.25, -0.2) is 0 Å². The summed E-state index contributed by atoms with van der Waals surface area (Å²) < 4.78 is 0. The SMILES string of the molecule is C=C(CO)[C@H]1CC[C@H]2[C@@H]3CC[C@@H]4C[C@@](O)(C#CC5CC5)CC[C@@H]4[C@H]3CC[C@]12C. The molecule has 0 aliphatic heterocycles. The standard InChI is InChI=1S/C26H38O2/c1-17(16-27)23-7-8-24-22-6-5-19-15-26(28,13-9-18-3-4-18)14-11-20(19)21(22)10-12-25(23,24)2/h18-24,27-28H,1,3-8,10-12,14-16H2,2H3/t19-,20+,21-,22-,23-,24+,25-,26-/m1/s1. The minimum atomic E-state index is -0.697. The van der Waals surface area contributed by atoms with Gasteiger partial charge in [0.05, 0.1) is 6.61 Å². The lowest BCUT2D eigenvalue weighted by molar-refractivity contribution is -0.0876. The van der Waals surface area contributed by atoms with E-state index in [1.54, 1.807) is 0 Å². The Kier molecular flexibility index (Phi) is 4.72. The summed E-state index contributed by atoms with van der Waals surface area (Å²) in [5.74, 6) is 11.8. The molecule has 2 N–H and O–H groups in total. The van der Waals surface area contributed by atoms with E-state index < -0.39 is 5.60 Å². The van der Waals surface area contributed by atoms with Crippen LogP contribution >= 0.6 is 0 Å². The molecule has 0 amide bonds. The van der Waals surface area contributed by atoms with Crippen molar-refractivity contribution in [2.75, 3.05) is 6.61 Å². The number of aliphatic hydroxyl groups excluding tert-OH is 1. The van der Waals surface area contributed by atoms with Gasteiger partial charge in [0.1, 0.15) is 5.60 Å². The van der Waals surface area contributed by atoms with Crippen LogP contribution in [0.5, 0.6) is 0 Å². The lowest BCUT2D eigenvalue weighted by atomic mass is 9.48. The fourth-order valence-electron chi connectivity index (χ4n) is 8.24. The Balaban J connectivity index is 1.31. The highest BCUT2D eigenvalue weighted by atomic mass is 16.3. The second-order valence-electron chi connectivity index (χ2n) is 11.2. The van der Waals surface area contributed by atoms with E-state index in [2.05, 4.69) is 25.3 Å². The van der Waals surface area contributed by atoms with Crippen molar-refractivity contribution in [3.8, 4) is 11.8 Å². The summed E-state index contributed by atoms with van der Waals surface area (Å²) in [6.07, 6.45) is 13.3. The van der Waals surface area contributed by atoms with Gasteiger partial charge >= 0.3 is 0 Å². The molecule has 154 valence electrons. The fraction of sp³-hybridized carbons (Fsp3) is 0.846. The minimum Gasteiger partial charge on any atom is -0.392 e. The number of fused-ring (bicyclic) bond motifs is 5. The zero-order valence-corrected chi connectivity index (χ0v) is 17.6. The van der Waals surface area contributed by atoms with Crippen LogP contribution in [0.3, 0.4) is 0 Å². The van der Waals surface area contributed by atoms with E-state index in [4.69, 9.17) is 0 Å². The second-order valence-corrected chi connectivity index (χ2v) is 11.2. The molecule has 5 saturated carbocycles. The molecule has 5 aliphatic carbocycles. The Morgan fingerprint density at radius 1 is 0.964 bits per heavy atom. The fourth-order valence-corrected chi connectivity index (χ4v) is 8.24. The van der Waals surface area contributed by atoms with Crippen molar-refractivity contribution in [1.82, 2.24) is 0 Å². The van der Waals surface area contributed by atoms with E-state index in [1.165, 1.54) is 57.8 Å². The number of hydrogen-bond donors (Lipinski definition) is 2. The lowest BCUT2D eigenvalue weighted by Crippen LogP contribution is -2.50. The van der Waals surface area contributed by atoms with Crippen LogP contribution in [0, 0.1) is 58.7 Å². The molecule has 0 spiro atoms. The number of hydrogen-bond acceptors (Lipinski definition) is 2. The largest absolute Gasteiger partial charge is 0.392 e. The topological polar surface area (TPSA) is 40.5 Å². The molecular formula is C26H38O2. The van der Waals surface area contributed by atoms with Crippen LogP contribution in [0.1, 0.15) is 77.6 Å². The Morgan fingerprint density at radius 2 is 1.75 bits per heavy atom. The zero-order valence-electron chi connectivity index (χ0n) is 17.6. The maximum Gasteiger partial charge on any atom is 0.125 e. The second kappa shape index (κ2) is 6.88. The molecule has 0 aromatic rings. The third kappa shape index (κ3) is 3.09. The highest BCUT2D eigenvalue weighted by Gasteiger charge is 2.57. The predicted molar refractivity (Wildman–Crippen MR) is 112 cm³/mol. The van der Waals surface area contributed by atoms with Crippen molar-refractivity contribution in [3.05, 3.63) is 12.2 Å². The molecule has 0 saturated heterocycles. The molecule has 0 unspecified atom stereocenters. The lowest BCUT2D eigenvalue weighted by Gasteiger charge is -2.57. The van der Waals surface area contributed by atoms with Crippen molar-refractivity contribution in [1.29, 1.82) is 0 Å². The molecular weight excluding hydrogens is 344 g/mol. The maximum atomic E-state index is 11.1. The van der Waals surface area contributed by atoms with Crippen LogP contribution in [0.15, 0.2) is 12.2 Å². The molecule has 5 aliphatic rings. The van der Waals surface area contributed by atoms with Crippen molar-refractivity contribution in [3.63, 3.8) is 0 Å². The molecule has 0 aromatic carbocycles. The van der Waals surface area contributed by atoms with Gasteiger partial charge in [0.15, 0.2) is 0 Å². The van der Waals surface area contributed by atoms with Crippen LogP contribution in [0.2, 0.25) is 0 Å². The summed E-state index contributed by atoms with van der Waals surface area (Å²) in [5.41, 5.74) is 0.741. The summed E-state index contributed by atoms with van der Waals surface area (Å²) >= 11 is 0. The summed E-state index contributed by atoms with van der Waals surface area (Å²) in [7, 11) is 0. The van der Waals surface area contributed by atoms with Gasteiger partial charge in [0.2, 0.25) is 0 Å². The van der Waals surface area contributed by atoms with Gasteiger partial charge in [-0.2, -0.15) is 0 Å². The van der Waals surface area contributed by atoms with E-state index in [-0.39, 0.29) is 6.61 Å². The van der Waals surface area contributed by atoms with Gasteiger partial charge in [-0.1, -0.05) is 25.3 Å². The summed E-state index contributed by atoms with van der Waals surface area (Å²) in [4.78, 5) is 0. The monoisotopic (exact) mass is 382 g/mol. The van der Waals surface area contributed by atoms with Gasteiger partial charge in [-0.3, -0.25) is 0 Å². The van der Waals surface area contributed by atoms with E-state index in [0.29, 0.717) is 23.2 Å². The predicted octanol–water partition coefficient (Wildman–Crippen LogP) is 4.95. The van der Waals surface area contributed by atoms with E-state index in [0.717, 1.165) is 42.1 Å². The molecule has 28 heavy (non-hydrogen) atoms. The van der Waals surface area contributed by atoms with Gasteiger partial charge in [0, 0.05) is 5.92 Å². The quantitative estimate of drug-likeness (QED) is 0.524. The van der Waals surface area contributed by atoms with Crippen LogP contribution in [0.4, 0.5) is 0 Å². The summed E-state index contributed by atoms with van der Waals surface area (Å²) in [5, 5.41) is 20.8. The van der Waals surface area contributed by atoms with Gasteiger partial charge in [-0.05, 0) is 117 Å². The number of rotatable bonds is 2. The van der Waals surface area contributed by atoms with Crippen LogP contribution < -0.4 is 0 Å². The van der Waals surface area contributed by atoms with Crippen molar-refractivity contribution in [2.45, 2.75) is 83.2 Å². The van der Waals surface area contributed by atoms with Crippen LogP contribution in [-0.4, -0.2) is 22.4 Å². The van der Waals surface area contributed by atoms with Crippen molar-refractivity contribution in [2.24, 2.45) is 46.8 Å². The third-order valence-electron chi connectivity index (χ3n) is 9.79. The summed E-state index contributed by atoms with van der Waals surface area (Å²) in [6, 6.07) is 0. The van der Waals surface area contributed by atoms with Crippen molar-refractivity contribution >= 4 is 0 Å². The molecule has 2 heteroatoms. The van der Waals surface area contributed by atoms with Gasteiger partial charge < -0.3 is 10.2 Å². The normalized spacial score (nSPS) is 50.0. The Hall–Kier alpha value is -0.780. The Morgan fingerprint density at radius 3 is 2.50 bits per heavy atom. The van der Waals surface area contributed by atoms with Crippen LogP contribution in [-0.2, 0) is 0 Å². The maximum absolute atomic E-state index is 11.1. The highest BCUT2D eigenvalue weighted by molar-refractivity contribution is 5.21. The average Bonchev–Trinajstić information content (AvgIpc) is 3.45. The first-order valence-electron chi connectivity index (χ1n) is 12.0. The molecule has 0 radical (unpaired) electrons. The van der Waals surface area contributed by atoms with E-state index in [9.17, 15) is 10.2 Å². The smallest absolute Gasteiger partial charge is 0.125 e. The summed E-state index contributed by atoms with van der Waals surface area (Å²) in [6.45, 7) is 6.89. The third-order valence-corrected chi connectivity index (χ3v) is 9.79. The highest BCUT2D eigenvalue weighted by Crippen LogP contribution is 2.65. The first-order valence-corrected chi connectivity index (χ1v) is 12.0. The first kappa shape index (κ1) is 19.2. The number of aliphatic hydroxyl groups is 2. The molecule has 0 bridgehead atoms. The average molecular weight is 383 g/mol. The Bertz CT molecular complexity index is 697. The van der Waals surface area contributed by atoms with Gasteiger partial charge in [-0.15, -0.1) is 0 Å². The molecule has 0 aromatic heterocycles.